The van der Waals surface area contributed by atoms with Crippen LogP contribution in [0.5, 0.6) is 0 Å². The molecule has 0 bridgehead atoms. The quantitative estimate of drug-likeness (QED) is 0.122. The van der Waals surface area contributed by atoms with Gasteiger partial charge in [-0.15, -0.1) is 0 Å². The molecule has 8 aromatic rings. The summed E-state index contributed by atoms with van der Waals surface area (Å²) < 4.78 is 80.6. The highest BCUT2D eigenvalue weighted by Gasteiger charge is 2.29. The van der Waals surface area contributed by atoms with Gasteiger partial charge in [-0.25, -0.2) is 31.9 Å². The molecule has 0 aliphatic rings. The predicted molar refractivity (Wildman–Crippen MR) is 146 cm³/mol. The highest BCUT2D eigenvalue weighted by Crippen LogP contribution is 2.41. The van der Waals surface area contributed by atoms with Crippen LogP contribution in [0.3, 0.4) is 0 Å². The Kier molecular flexibility index (Phi) is 4.80. The van der Waals surface area contributed by atoms with Crippen molar-refractivity contribution in [2.24, 2.45) is 0 Å². The fourth-order valence-electron chi connectivity index (χ4n) is 5.62. The summed E-state index contributed by atoms with van der Waals surface area (Å²) >= 11 is 0. The average molecular weight is 551 g/mol. The van der Waals surface area contributed by atoms with Gasteiger partial charge in [0.15, 0.2) is 23.3 Å². The molecule has 198 valence electrons. The summed E-state index contributed by atoms with van der Waals surface area (Å²) in [5, 5.41) is 3.54. The largest absolute Gasteiger partial charge is 0.455 e. The smallest absolute Gasteiger partial charge is 0.235 e. The van der Waals surface area contributed by atoms with E-state index in [1.807, 2.05) is 60.7 Å². The highest BCUT2D eigenvalue weighted by molar-refractivity contribution is 6.23. The zero-order valence-corrected chi connectivity index (χ0v) is 20.7. The molecule has 0 amide bonds. The molecule has 0 fully saturated rings. The zero-order chi connectivity index (χ0) is 28.0. The molecule has 3 heterocycles. The monoisotopic (exact) mass is 551 g/mol. The van der Waals surface area contributed by atoms with Crippen molar-refractivity contribution in [3.63, 3.8) is 0 Å². The molecule has 41 heavy (non-hydrogen) atoms. The van der Waals surface area contributed by atoms with Gasteiger partial charge < -0.3 is 4.42 Å². The Labute approximate surface area is 226 Å². The second kappa shape index (κ2) is 8.34. The van der Waals surface area contributed by atoms with Crippen molar-refractivity contribution in [3.05, 3.63) is 114 Å². The van der Waals surface area contributed by atoms with Crippen LogP contribution < -0.4 is 0 Å². The molecule has 4 nitrogen and oxygen atoms in total. The fraction of sp³-hybridized carbons (Fsp3) is 0. The highest BCUT2D eigenvalue weighted by atomic mass is 19.2. The molecular weight excluding hydrogens is 537 g/mol. The summed E-state index contributed by atoms with van der Waals surface area (Å²) in [5.74, 6) is -10.3. The van der Waals surface area contributed by atoms with Gasteiger partial charge in [0.05, 0.1) is 33.2 Å². The zero-order valence-electron chi connectivity index (χ0n) is 20.7. The first-order chi connectivity index (χ1) is 19.9. The van der Waals surface area contributed by atoms with Gasteiger partial charge in [-0.2, -0.15) is 0 Å². The Balaban J connectivity index is 1.52. The average Bonchev–Trinajstić information content (AvgIpc) is 3.55. The van der Waals surface area contributed by atoms with Crippen molar-refractivity contribution in [1.82, 2.24) is 14.5 Å². The van der Waals surface area contributed by atoms with Crippen LogP contribution >= 0.6 is 0 Å². The van der Waals surface area contributed by atoms with Gasteiger partial charge in [0, 0.05) is 21.5 Å². The van der Waals surface area contributed by atoms with Crippen LogP contribution in [0.4, 0.5) is 22.0 Å². The number of halogens is 5. The first-order valence-electron chi connectivity index (χ1n) is 12.6. The molecule has 0 N–H and O–H groups in total. The maximum Gasteiger partial charge on any atom is 0.235 e. The van der Waals surface area contributed by atoms with Crippen molar-refractivity contribution in [2.45, 2.75) is 0 Å². The van der Waals surface area contributed by atoms with Gasteiger partial charge in [-0.1, -0.05) is 54.6 Å². The molecular formula is C32H14F5N3O. The summed E-state index contributed by atoms with van der Waals surface area (Å²) in [6, 6.07) is 25.1. The van der Waals surface area contributed by atoms with E-state index in [0.717, 1.165) is 21.5 Å². The topological polar surface area (TPSA) is 43.9 Å². The van der Waals surface area contributed by atoms with E-state index >= 15 is 8.78 Å². The van der Waals surface area contributed by atoms with E-state index in [4.69, 9.17) is 4.42 Å². The lowest BCUT2D eigenvalue weighted by molar-refractivity contribution is 0.381. The van der Waals surface area contributed by atoms with E-state index in [9.17, 15) is 13.2 Å². The Morgan fingerprint density at radius 2 is 1.17 bits per heavy atom. The number of para-hydroxylation sites is 3. The molecule has 0 saturated heterocycles. The van der Waals surface area contributed by atoms with Gasteiger partial charge >= 0.3 is 0 Å². The predicted octanol–water partition coefficient (Wildman–Crippen LogP) is 8.99. The number of aromatic nitrogens is 3. The number of rotatable bonds is 2. The Bertz CT molecular complexity index is 2360. The van der Waals surface area contributed by atoms with Crippen molar-refractivity contribution >= 4 is 54.6 Å². The standard InChI is InChI=1S/C32H14F5N3O/c33-25-24(26(34)28(36)29(37)27(25)35)30-17-8-1-4-10-19(17)38-32(39-30)40-20-11-5-2-9-18(20)23-21(40)14-13-16-15-7-3-6-12-22(15)41-31(16)23/h1-14H. The molecule has 9 heteroatoms. The van der Waals surface area contributed by atoms with Crippen LogP contribution in [0.1, 0.15) is 0 Å². The van der Waals surface area contributed by atoms with Gasteiger partial charge in [0.25, 0.3) is 0 Å². The number of fused-ring (bicyclic) bond motifs is 8. The van der Waals surface area contributed by atoms with E-state index in [1.54, 1.807) is 22.8 Å². The minimum Gasteiger partial charge on any atom is -0.455 e. The summed E-state index contributed by atoms with van der Waals surface area (Å²) in [4.78, 5) is 9.12. The van der Waals surface area contributed by atoms with E-state index in [-0.39, 0.29) is 16.9 Å². The Morgan fingerprint density at radius 3 is 1.95 bits per heavy atom. The molecule has 0 atom stereocenters. The van der Waals surface area contributed by atoms with Crippen molar-refractivity contribution in [2.75, 3.05) is 0 Å². The number of benzene rings is 5. The second-order valence-corrected chi connectivity index (χ2v) is 9.62. The van der Waals surface area contributed by atoms with Crippen LogP contribution in [0.2, 0.25) is 0 Å². The summed E-state index contributed by atoms with van der Waals surface area (Å²) in [6.07, 6.45) is 0. The van der Waals surface area contributed by atoms with Crippen LogP contribution in [-0.2, 0) is 0 Å². The first kappa shape index (κ1) is 23.6. The summed E-state index contributed by atoms with van der Waals surface area (Å²) in [5.41, 5.74) is 1.36. The third-order valence-corrected chi connectivity index (χ3v) is 7.42. The van der Waals surface area contributed by atoms with Crippen LogP contribution in [-0.4, -0.2) is 14.5 Å². The van der Waals surface area contributed by atoms with Crippen molar-refractivity contribution in [1.29, 1.82) is 0 Å². The molecule has 0 aliphatic carbocycles. The maximum absolute atomic E-state index is 15.1. The molecule has 5 aromatic carbocycles. The minimum absolute atomic E-state index is 0.00991. The molecule has 0 aliphatic heterocycles. The minimum atomic E-state index is -2.24. The van der Waals surface area contributed by atoms with Gasteiger partial charge in [0.2, 0.25) is 11.8 Å². The van der Waals surface area contributed by atoms with E-state index in [1.165, 1.54) is 6.07 Å². The van der Waals surface area contributed by atoms with Gasteiger partial charge in [-0.3, -0.25) is 4.57 Å². The second-order valence-electron chi connectivity index (χ2n) is 9.62. The SMILES string of the molecule is Fc1c(F)c(F)c(-c2nc(-n3c4ccccc4c4c5oc6ccccc6c5ccc43)nc3ccccc23)c(F)c1F. The van der Waals surface area contributed by atoms with Gasteiger partial charge in [0.1, 0.15) is 11.2 Å². The van der Waals surface area contributed by atoms with Crippen LogP contribution in [0, 0.1) is 29.1 Å². The third-order valence-electron chi connectivity index (χ3n) is 7.42. The normalized spacial score (nSPS) is 12.0. The summed E-state index contributed by atoms with van der Waals surface area (Å²) in [6.45, 7) is 0. The molecule has 8 rings (SSSR count). The van der Waals surface area contributed by atoms with Gasteiger partial charge in [-0.05, 0) is 30.3 Å². The fourth-order valence-corrected chi connectivity index (χ4v) is 5.62. The Hall–Kier alpha value is -5.31. The van der Waals surface area contributed by atoms with E-state index in [0.29, 0.717) is 22.2 Å². The van der Waals surface area contributed by atoms with Crippen molar-refractivity contribution in [3.8, 4) is 17.2 Å². The first-order valence-corrected chi connectivity index (χ1v) is 12.6. The number of nitrogens with zero attached hydrogens (tertiary/aromatic N) is 3. The number of hydrogen-bond donors (Lipinski definition) is 0. The van der Waals surface area contributed by atoms with E-state index < -0.39 is 40.3 Å². The lowest BCUT2D eigenvalue weighted by Crippen LogP contribution is -2.08. The summed E-state index contributed by atoms with van der Waals surface area (Å²) in [7, 11) is 0. The molecule has 3 aromatic heterocycles. The number of furan rings is 1. The lowest BCUT2D eigenvalue weighted by atomic mass is 10.0. The Morgan fingerprint density at radius 1 is 0.537 bits per heavy atom. The molecule has 0 spiro atoms. The molecule has 0 saturated carbocycles. The lowest BCUT2D eigenvalue weighted by Gasteiger charge is -2.13. The molecule has 0 unspecified atom stereocenters. The maximum atomic E-state index is 15.1. The molecule has 0 radical (unpaired) electrons. The van der Waals surface area contributed by atoms with Crippen LogP contribution in [0.25, 0.3) is 71.9 Å². The van der Waals surface area contributed by atoms with Crippen LogP contribution in [0.15, 0.2) is 89.3 Å². The third kappa shape index (κ3) is 3.14. The van der Waals surface area contributed by atoms with Crippen molar-refractivity contribution < 1.29 is 26.4 Å². The van der Waals surface area contributed by atoms with E-state index in [2.05, 4.69) is 9.97 Å². The number of hydrogen-bond acceptors (Lipinski definition) is 3.